The molecule has 2 N–H and O–H groups in total. The van der Waals surface area contributed by atoms with Crippen molar-refractivity contribution in [2.75, 3.05) is 18.5 Å². The quantitative estimate of drug-likeness (QED) is 0.323. The summed E-state index contributed by atoms with van der Waals surface area (Å²) >= 11 is 11.9. The molecule has 0 aromatic heterocycles. The molecule has 0 saturated heterocycles. The number of anilines is 1. The van der Waals surface area contributed by atoms with E-state index in [1.54, 1.807) is 66.7 Å². The average molecular weight is 486 g/mol. The molecule has 0 unspecified atom stereocenters. The molecule has 0 spiro atoms. The van der Waals surface area contributed by atoms with Crippen molar-refractivity contribution in [3.8, 4) is 11.5 Å². The van der Waals surface area contributed by atoms with Crippen LogP contribution in [-0.4, -0.2) is 31.2 Å². The topological polar surface area (TPSA) is 89.0 Å². The lowest BCUT2D eigenvalue weighted by Crippen LogP contribution is -2.20. The van der Waals surface area contributed by atoms with Crippen LogP contribution < -0.4 is 20.2 Å². The van der Waals surface area contributed by atoms with Gasteiger partial charge in [-0.15, -0.1) is 0 Å². The fraction of sp³-hybridized carbons (Fsp3) is 0.125. The Kier molecular flexibility index (Phi) is 8.69. The van der Waals surface area contributed by atoms with Crippen LogP contribution in [0.3, 0.4) is 0 Å². The number of hydrogen-bond donors (Lipinski definition) is 2. The van der Waals surface area contributed by atoms with Gasteiger partial charge in [0.2, 0.25) is 0 Å². The van der Waals surface area contributed by atoms with Crippen LogP contribution in [0.4, 0.5) is 5.69 Å². The lowest BCUT2D eigenvalue weighted by Gasteiger charge is -2.13. The predicted molar refractivity (Wildman–Crippen MR) is 130 cm³/mol. The first-order valence-electron chi connectivity index (χ1n) is 9.99. The van der Waals surface area contributed by atoms with E-state index in [4.69, 9.17) is 32.7 Å². The average Bonchev–Trinajstić information content (AvgIpc) is 2.80. The molecule has 2 amide bonds. The molecule has 0 saturated carbocycles. The van der Waals surface area contributed by atoms with Crippen LogP contribution in [0, 0.1) is 0 Å². The van der Waals surface area contributed by atoms with Gasteiger partial charge >= 0.3 is 0 Å². The fourth-order valence-electron chi connectivity index (χ4n) is 2.72. The van der Waals surface area contributed by atoms with Crippen molar-refractivity contribution in [1.82, 2.24) is 5.43 Å². The highest BCUT2D eigenvalue weighted by Gasteiger charge is 2.11. The molecule has 0 aliphatic carbocycles. The highest BCUT2D eigenvalue weighted by atomic mass is 35.5. The van der Waals surface area contributed by atoms with Gasteiger partial charge in [-0.25, -0.2) is 5.43 Å². The van der Waals surface area contributed by atoms with E-state index in [0.29, 0.717) is 45.0 Å². The standard InChI is InChI=1S/C24H21Cl2N3O4/c1-2-32-22-13-16(14-27-29-24(31)17-8-10-18(25)11-9-17)7-12-21(22)33-15-23(30)28-20-6-4-3-5-19(20)26/h3-14H,2,15H2,1H3,(H,28,30)(H,29,31)/b27-14+. The molecule has 33 heavy (non-hydrogen) atoms. The normalized spacial score (nSPS) is 10.6. The lowest BCUT2D eigenvalue weighted by molar-refractivity contribution is -0.118. The Bertz CT molecular complexity index is 1150. The Morgan fingerprint density at radius 2 is 1.73 bits per heavy atom. The van der Waals surface area contributed by atoms with E-state index in [9.17, 15) is 9.59 Å². The molecule has 3 aromatic carbocycles. The largest absolute Gasteiger partial charge is 0.490 e. The van der Waals surface area contributed by atoms with Crippen LogP contribution in [0.2, 0.25) is 10.0 Å². The van der Waals surface area contributed by atoms with Gasteiger partial charge in [0.1, 0.15) is 0 Å². The summed E-state index contributed by atoms with van der Waals surface area (Å²) in [6.07, 6.45) is 1.48. The molecule has 7 nitrogen and oxygen atoms in total. The zero-order valence-electron chi connectivity index (χ0n) is 17.7. The minimum Gasteiger partial charge on any atom is -0.490 e. The van der Waals surface area contributed by atoms with Crippen molar-refractivity contribution in [2.24, 2.45) is 5.10 Å². The van der Waals surface area contributed by atoms with Crippen molar-refractivity contribution >= 4 is 46.9 Å². The highest BCUT2D eigenvalue weighted by molar-refractivity contribution is 6.33. The Hall–Kier alpha value is -3.55. The molecule has 0 aliphatic heterocycles. The van der Waals surface area contributed by atoms with Gasteiger partial charge in [-0.2, -0.15) is 5.10 Å². The number of hydrogen-bond acceptors (Lipinski definition) is 5. The zero-order valence-corrected chi connectivity index (χ0v) is 19.2. The van der Waals surface area contributed by atoms with E-state index >= 15 is 0 Å². The molecular weight excluding hydrogens is 465 g/mol. The van der Waals surface area contributed by atoms with Gasteiger partial charge in [-0.3, -0.25) is 9.59 Å². The van der Waals surface area contributed by atoms with Crippen LogP contribution in [0.15, 0.2) is 71.8 Å². The van der Waals surface area contributed by atoms with Gasteiger partial charge in [0.05, 0.1) is 23.5 Å². The summed E-state index contributed by atoms with van der Waals surface area (Å²) in [5, 5.41) is 7.64. The van der Waals surface area contributed by atoms with Gasteiger partial charge < -0.3 is 14.8 Å². The van der Waals surface area contributed by atoms with Gasteiger partial charge in [-0.1, -0.05) is 35.3 Å². The van der Waals surface area contributed by atoms with Crippen molar-refractivity contribution in [1.29, 1.82) is 0 Å². The molecule has 170 valence electrons. The minimum atomic E-state index is -0.363. The van der Waals surface area contributed by atoms with E-state index in [-0.39, 0.29) is 18.4 Å². The number of amides is 2. The van der Waals surface area contributed by atoms with Crippen LogP contribution >= 0.6 is 23.2 Å². The molecule has 0 fully saturated rings. The van der Waals surface area contributed by atoms with E-state index in [1.807, 2.05) is 6.92 Å². The summed E-state index contributed by atoms with van der Waals surface area (Å²) in [5.74, 6) is 0.114. The van der Waals surface area contributed by atoms with Crippen LogP contribution in [0.5, 0.6) is 11.5 Å². The second kappa shape index (κ2) is 11.9. The number of carbonyl (C=O) groups is 2. The summed E-state index contributed by atoms with van der Waals surface area (Å²) in [7, 11) is 0. The summed E-state index contributed by atoms with van der Waals surface area (Å²) < 4.78 is 11.2. The van der Waals surface area contributed by atoms with Gasteiger partial charge in [0.15, 0.2) is 18.1 Å². The minimum absolute atomic E-state index is 0.226. The highest BCUT2D eigenvalue weighted by Crippen LogP contribution is 2.28. The van der Waals surface area contributed by atoms with E-state index in [0.717, 1.165) is 0 Å². The number of benzene rings is 3. The maximum atomic E-state index is 12.2. The molecule has 3 aromatic rings. The number of hydrazone groups is 1. The summed E-state index contributed by atoms with van der Waals surface area (Å²) in [6.45, 7) is 2.01. The number of nitrogens with zero attached hydrogens (tertiary/aromatic N) is 1. The van der Waals surface area contributed by atoms with Crippen molar-refractivity contribution in [3.05, 3.63) is 87.9 Å². The van der Waals surface area contributed by atoms with Crippen molar-refractivity contribution < 1.29 is 19.1 Å². The second-order valence-corrected chi connectivity index (χ2v) is 7.51. The third kappa shape index (κ3) is 7.24. The SMILES string of the molecule is CCOc1cc(/C=N/NC(=O)c2ccc(Cl)cc2)ccc1OCC(=O)Nc1ccccc1Cl. The summed E-state index contributed by atoms with van der Waals surface area (Å²) in [4.78, 5) is 24.3. The fourth-order valence-corrected chi connectivity index (χ4v) is 3.02. The smallest absolute Gasteiger partial charge is 0.271 e. The molecule has 0 atom stereocenters. The Morgan fingerprint density at radius 1 is 0.970 bits per heavy atom. The molecule has 9 heteroatoms. The molecular formula is C24H21Cl2N3O4. The number of ether oxygens (including phenoxy) is 2. The maximum Gasteiger partial charge on any atom is 0.271 e. The first-order chi connectivity index (χ1) is 16.0. The molecule has 3 rings (SSSR count). The maximum absolute atomic E-state index is 12.2. The van der Waals surface area contributed by atoms with E-state index < -0.39 is 0 Å². The third-order valence-electron chi connectivity index (χ3n) is 4.26. The monoisotopic (exact) mass is 485 g/mol. The third-order valence-corrected chi connectivity index (χ3v) is 4.84. The summed E-state index contributed by atoms with van der Waals surface area (Å²) in [5.41, 5.74) is 4.06. The number of carbonyl (C=O) groups excluding carboxylic acids is 2. The number of rotatable bonds is 9. The molecule has 0 radical (unpaired) electrons. The van der Waals surface area contributed by atoms with Crippen molar-refractivity contribution in [3.63, 3.8) is 0 Å². The molecule has 0 aliphatic rings. The number of nitrogens with one attached hydrogen (secondary N) is 2. The second-order valence-electron chi connectivity index (χ2n) is 6.66. The first kappa shape index (κ1) is 24.1. The Balaban J connectivity index is 1.60. The van der Waals surface area contributed by atoms with Crippen LogP contribution in [0.25, 0.3) is 0 Å². The van der Waals surface area contributed by atoms with Crippen molar-refractivity contribution in [2.45, 2.75) is 6.92 Å². The molecule has 0 bridgehead atoms. The Morgan fingerprint density at radius 3 is 2.45 bits per heavy atom. The Labute approximate surface area is 201 Å². The number of halogens is 2. The number of para-hydroxylation sites is 1. The lowest BCUT2D eigenvalue weighted by atomic mass is 10.2. The zero-order chi connectivity index (χ0) is 23.6. The van der Waals surface area contributed by atoms with E-state index in [2.05, 4.69) is 15.8 Å². The summed E-state index contributed by atoms with van der Waals surface area (Å²) in [6, 6.07) is 18.5. The first-order valence-corrected chi connectivity index (χ1v) is 10.7. The van der Waals surface area contributed by atoms with Gasteiger partial charge in [0, 0.05) is 10.6 Å². The van der Waals surface area contributed by atoms with E-state index in [1.165, 1.54) is 6.21 Å². The van der Waals surface area contributed by atoms with Crippen LogP contribution in [0.1, 0.15) is 22.8 Å². The van der Waals surface area contributed by atoms with Crippen LogP contribution in [-0.2, 0) is 4.79 Å². The predicted octanol–water partition coefficient (Wildman–Crippen LogP) is 5.17. The van der Waals surface area contributed by atoms with Gasteiger partial charge in [0.25, 0.3) is 11.8 Å². The van der Waals surface area contributed by atoms with Gasteiger partial charge in [-0.05, 0) is 67.1 Å². The molecule has 0 heterocycles.